The Kier molecular flexibility index (Phi) is 7.34. The van der Waals surface area contributed by atoms with Crippen LogP contribution >= 0.6 is 0 Å². The molecule has 0 atom stereocenters. The van der Waals surface area contributed by atoms with Gasteiger partial charge in [0.15, 0.2) is 29.7 Å². The lowest BCUT2D eigenvalue weighted by Crippen LogP contribution is -2.37. The van der Waals surface area contributed by atoms with Gasteiger partial charge in [-0.2, -0.15) is 0 Å². The first-order valence-corrected chi connectivity index (χ1v) is 13.9. The number of allylic oxidation sites excluding steroid dienone is 4. The highest BCUT2D eigenvalue weighted by atomic mass is 16.5. The zero-order valence-corrected chi connectivity index (χ0v) is 23.9. The molecule has 0 spiro atoms. The monoisotopic (exact) mass is 543 g/mol. The molecule has 0 radical (unpaired) electrons. The molecule has 40 heavy (non-hydrogen) atoms. The fourth-order valence-electron chi connectivity index (χ4n) is 5.96. The quantitative estimate of drug-likeness (QED) is 0.429. The third-order valence-electron chi connectivity index (χ3n) is 7.60. The molecule has 7 nitrogen and oxygen atoms in total. The Balaban J connectivity index is 1.49. The van der Waals surface area contributed by atoms with Crippen LogP contribution in [0.5, 0.6) is 11.5 Å². The molecular formula is C33H37NO6. The molecule has 0 bridgehead atoms. The summed E-state index contributed by atoms with van der Waals surface area (Å²) in [6.45, 7) is 10.3. The summed E-state index contributed by atoms with van der Waals surface area (Å²) in [5.74, 6) is 1.41. The van der Waals surface area contributed by atoms with Crippen LogP contribution in [0.25, 0.3) is 0 Å². The van der Waals surface area contributed by atoms with Crippen molar-refractivity contribution in [3.05, 3.63) is 76.8 Å². The summed E-state index contributed by atoms with van der Waals surface area (Å²) in [5.41, 5.74) is 2.16. The summed E-state index contributed by atoms with van der Waals surface area (Å²) in [6, 6.07) is 14.6. The third kappa shape index (κ3) is 5.69. The summed E-state index contributed by atoms with van der Waals surface area (Å²) in [6.07, 6.45) is 2.05. The number of benzene rings is 2. The number of amides is 1. The highest BCUT2D eigenvalue weighted by Gasteiger charge is 2.48. The summed E-state index contributed by atoms with van der Waals surface area (Å²) in [7, 11) is 0. The smallest absolute Gasteiger partial charge is 0.262 e. The number of carbonyl (C=O) groups is 3. The van der Waals surface area contributed by atoms with Gasteiger partial charge in [-0.05, 0) is 47.6 Å². The number of rotatable bonds is 7. The van der Waals surface area contributed by atoms with E-state index < -0.39 is 5.92 Å². The average Bonchev–Trinajstić information content (AvgIpc) is 2.86. The first-order chi connectivity index (χ1) is 19.0. The molecule has 3 aliphatic rings. The van der Waals surface area contributed by atoms with Gasteiger partial charge in [0.25, 0.3) is 5.91 Å². The van der Waals surface area contributed by atoms with Gasteiger partial charge in [-0.3, -0.25) is 14.4 Å². The molecule has 1 heterocycles. The van der Waals surface area contributed by atoms with Crippen molar-refractivity contribution >= 4 is 23.2 Å². The van der Waals surface area contributed by atoms with Gasteiger partial charge in [-0.25, -0.2) is 0 Å². The van der Waals surface area contributed by atoms with Gasteiger partial charge in [0.2, 0.25) is 0 Å². The molecule has 0 fully saturated rings. The largest absolute Gasteiger partial charge is 0.490 e. The second-order valence-corrected chi connectivity index (χ2v) is 12.4. The molecule has 0 unspecified atom stereocenters. The second-order valence-electron chi connectivity index (χ2n) is 12.4. The van der Waals surface area contributed by atoms with Gasteiger partial charge in [-0.15, -0.1) is 0 Å². The fraction of sp³-hybridized carbons (Fsp3) is 0.424. The Hall–Kier alpha value is -3.87. The fourth-order valence-corrected chi connectivity index (χ4v) is 5.96. The molecule has 1 amide bonds. The van der Waals surface area contributed by atoms with Gasteiger partial charge in [0, 0.05) is 48.4 Å². The minimum absolute atomic E-state index is 0.0105. The summed E-state index contributed by atoms with van der Waals surface area (Å²) >= 11 is 0. The van der Waals surface area contributed by atoms with Crippen LogP contribution in [0.15, 0.2) is 71.2 Å². The van der Waals surface area contributed by atoms with Crippen LogP contribution in [0.4, 0.5) is 5.69 Å². The van der Waals surface area contributed by atoms with E-state index in [1.807, 2.05) is 37.3 Å². The number of para-hydroxylation sites is 1. The molecule has 0 saturated carbocycles. The van der Waals surface area contributed by atoms with Crippen LogP contribution in [0.3, 0.4) is 0 Å². The molecule has 0 saturated heterocycles. The first kappa shape index (κ1) is 27.7. The van der Waals surface area contributed by atoms with E-state index in [4.69, 9.17) is 14.2 Å². The Morgan fingerprint density at radius 3 is 2.02 bits per heavy atom. The van der Waals surface area contributed by atoms with Crippen molar-refractivity contribution < 1.29 is 28.6 Å². The molecule has 2 aliphatic carbocycles. The van der Waals surface area contributed by atoms with Crippen LogP contribution in [-0.2, 0) is 19.1 Å². The summed E-state index contributed by atoms with van der Waals surface area (Å²) < 4.78 is 18.2. The van der Waals surface area contributed by atoms with Gasteiger partial charge < -0.3 is 19.5 Å². The Bertz CT molecular complexity index is 1360. The van der Waals surface area contributed by atoms with Crippen molar-refractivity contribution in [1.82, 2.24) is 0 Å². The minimum atomic E-state index is -0.527. The Labute approximate surface area is 235 Å². The number of hydrogen-bond donors (Lipinski definition) is 1. The minimum Gasteiger partial charge on any atom is -0.490 e. The van der Waals surface area contributed by atoms with E-state index in [2.05, 4.69) is 33.0 Å². The maximum absolute atomic E-state index is 13.6. The van der Waals surface area contributed by atoms with Gasteiger partial charge >= 0.3 is 0 Å². The molecule has 2 aromatic carbocycles. The topological polar surface area (TPSA) is 90.9 Å². The molecular weight excluding hydrogens is 506 g/mol. The highest BCUT2D eigenvalue weighted by molar-refractivity contribution is 6.06. The number of ether oxygens (including phenoxy) is 3. The predicted octanol–water partition coefficient (Wildman–Crippen LogP) is 6.50. The van der Waals surface area contributed by atoms with Gasteiger partial charge in [0.05, 0.1) is 6.61 Å². The van der Waals surface area contributed by atoms with Crippen molar-refractivity contribution in [2.45, 2.75) is 66.2 Å². The third-order valence-corrected chi connectivity index (χ3v) is 7.60. The molecule has 1 aliphatic heterocycles. The number of anilines is 1. The summed E-state index contributed by atoms with van der Waals surface area (Å²) in [4.78, 5) is 39.6. The second kappa shape index (κ2) is 10.6. The van der Waals surface area contributed by atoms with E-state index in [1.54, 1.807) is 18.2 Å². The lowest BCUT2D eigenvalue weighted by molar-refractivity contribution is -0.120. The molecule has 1 N–H and O–H groups in total. The van der Waals surface area contributed by atoms with Crippen molar-refractivity contribution in [3.63, 3.8) is 0 Å². The number of nitrogens with one attached hydrogen (secondary N) is 1. The number of ketones is 2. The summed E-state index contributed by atoms with van der Waals surface area (Å²) in [5, 5.41) is 2.81. The molecule has 210 valence electrons. The highest BCUT2D eigenvalue weighted by Crippen LogP contribution is 2.53. The molecule has 2 aromatic rings. The van der Waals surface area contributed by atoms with E-state index in [0.29, 0.717) is 72.1 Å². The first-order valence-electron chi connectivity index (χ1n) is 13.9. The zero-order valence-electron chi connectivity index (χ0n) is 23.9. The van der Waals surface area contributed by atoms with Crippen molar-refractivity contribution in [2.24, 2.45) is 10.8 Å². The Morgan fingerprint density at radius 2 is 1.45 bits per heavy atom. The SMILES string of the molecule is CCOc1cc(C2C3=C(CC(C)(C)CC3=O)OC3=C2C(=O)CC(C)(C)C3)ccc1OCC(=O)Nc1ccccc1. The standard InChI is InChI=1S/C33H37NO6/c1-6-38-25-14-20(12-13-24(25)39-19-28(37)34-21-10-8-7-9-11-21)29-30-22(35)15-32(2,3)17-26(30)40-27-18-33(4,5)16-23(36)31(27)29/h7-14,29H,6,15-19H2,1-5H3,(H,34,37). The predicted molar refractivity (Wildman–Crippen MR) is 152 cm³/mol. The average molecular weight is 544 g/mol. The van der Waals surface area contributed by atoms with Crippen LogP contribution in [0.2, 0.25) is 0 Å². The van der Waals surface area contributed by atoms with Crippen molar-refractivity contribution in [2.75, 3.05) is 18.5 Å². The van der Waals surface area contributed by atoms with Crippen LogP contribution in [-0.4, -0.2) is 30.7 Å². The maximum atomic E-state index is 13.6. The van der Waals surface area contributed by atoms with E-state index in [0.717, 1.165) is 5.56 Å². The number of carbonyl (C=O) groups excluding carboxylic acids is 3. The van der Waals surface area contributed by atoms with Crippen LogP contribution < -0.4 is 14.8 Å². The molecule has 7 heteroatoms. The number of hydrogen-bond acceptors (Lipinski definition) is 6. The van der Waals surface area contributed by atoms with E-state index in [9.17, 15) is 14.4 Å². The van der Waals surface area contributed by atoms with Crippen LogP contribution in [0.1, 0.15) is 71.8 Å². The van der Waals surface area contributed by atoms with Crippen LogP contribution in [0, 0.1) is 10.8 Å². The number of Topliss-reactive ketones (excluding diaryl/α,β-unsaturated/α-hetero) is 2. The van der Waals surface area contributed by atoms with Crippen molar-refractivity contribution in [1.29, 1.82) is 0 Å². The zero-order chi connectivity index (χ0) is 28.7. The van der Waals surface area contributed by atoms with E-state index in [1.165, 1.54) is 0 Å². The van der Waals surface area contributed by atoms with E-state index >= 15 is 0 Å². The molecule has 5 rings (SSSR count). The van der Waals surface area contributed by atoms with Gasteiger partial charge in [-0.1, -0.05) is 52.0 Å². The molecule has 0 aromatic heterocycles. The van der Waals surface area contributed by atoms with E-state index in [-0.39, 0.29) is 34.9 Å². The lowest BCUT2D eigenvalue weighted by Gasteiger charge is -2.42. The van der Waals surface area contributed by atoms with Crippen molar-refractivity contribution in [3.8, 4) is 11.5 Å². The normalized spacial score (nSPS) is 19.9. The maximum Gasteiger partial charge on any atom is 0.262 e. The Morgan fingerprint density at radius 1 is 0.850 bits per heavy atom. The lowest BCUT2D eigenvalue weighted by atomic mass is 9.65. The van der Waals surface area contributed by atoms with Gasteiger partial charge in [0.1, 0.15) is 11.5 Å².